The molecule has 0 fully saturated rings. The third-order valence-electron chi connectivity index (χ3n) is 2.06. The van der Waals surface area contributed by atoms with Crippen molar-refractivity contribution < 1.29 is 5.11 Å². The first-order valence-electron chi connectivity index (χ1n) is 4.90. The van der Waals surface area contributed by atoms with Gasteiger partial charge in [-0.05, 0) is 0 Å². The van der Waals surface area contributed by atoms with Crippen molar-refractivity contribution in [3.05, 3.63) is 23.7 Å². The van der Waals surface area contributed by atoms with Crippen LogP contribution in [-0.4, -0.2) is 41.2 Å². The van der Waals surface area contributed by atoms with E-state index in [0.717, 1.165) is 25.2 Å². The first kappa shape index (κ1) is 12.2. The van der Waals surface area contributed by atoms with Crippen LogP contribution < -0.4 is 5.73 Å². The number of aromatic nitrogens is 1. The molecule has 5 heteroatoms. The van der Waals surface area contributed by atoms with E-state index in [1.807, 2.05) is 11.5 Å². The molecule has 4 nitrogen and oxygen atoms in total. The van der Waals surface area contributed by atoms with Gasteiger partial charge in [0.05, 0.1) is 12.3 Å². The normalized spacial score (nSPS) is 10.8. The summed E-state index contributed by atoms with van der Waals surface area (Å²) in [5.41, 5.74) is 6.56. The molecule has 0 aliphatic heterocycles. The van der Waals surface area contributed by atoms with Gasteiger partial charge in [0.25, 0.3) is 0 Å². The lowest BCUT2D eigenvalue weighted by Crippen LogP contribution is -2.29. The molecule has 0 aliphatic rings. The van der Waals surface area contributed by atoms with E-state index < -0.39 is 0 Å². The number of rotatable bonds is 7. The van der Waals surface area contributed by atoms with E-state index in [2.05, 4.69) is 16.5 Å². The van der Waals surface area contributed by atoms with E-state index in [1.165, 1.54) is 11.3 Å². The summed E-state index contributed by atoms with van der Waals surface area (Å²) in [7, 11) is 0. The smallest absolute Gasteiger partial charge is 0.180 e. The average molecular weight is 227 g/mol. The second-order valence-corrected chi connectivity index (χ2v) is 4.13. The number of thiazole rings is 1. The molecule has 0 aromatic carbocycles. The van der Waals surface area contributed by atoms with Gasteiger partial charge < -0.3 is 10.8 Å². The van der Waals surface area contributed by atoms with Crippen LogP contribution in [0.25, 0.3) is 0 Å². The second-order valence-electron chi connectivity index (χ2n) is 3.24. The van der Waals surface area contributed by atoms with Crippen LogP contribution in [0, 0.1) is 0 Å². The van der Waals surface area contributed by atoms with Crippen LogP contribution in [0.3, 0.4) is 0 Å². The molecule has 0 bridgehead atoms. The van der Waals surface area contributed by atoms with Gasteiger partial charge in [0, 0.05) is 31.4 Å². The molecule has 0 saturated carbocycles. The average Bonchev–Trinajstić information content (AvgIpc) is 2.61. The highest BCUT2D eigenvalue weighted by atomic mass is 32.1. The second kappa shape index (κ2) is 6.55. The third kappa shape index (κ3) is 4.42. The molecule has 0 unspecified atom stereocenters. The van der Waals surface area contributed by atoms with Crippen LogP contribution in [0.15, 0.2) is 18.0 Å². The van der Waals surface area contributed by atoms with Crippen LogP contribution in [0.4, 0.5) is 5.13 Å². The summed E-state index contributed by atoms with van der Waals surface area (Å²) in [6, 6.07) is 0. The van der Waals surface area contributed by atoms with E-state index in [9.17, 15) is 0 Å². The molecule has 1 heterocycles. The Labute approximate surface area is 94.1 Å². The van der Waals surface area contributed by atoms with Crippen LogP contribution in [0.5, 0.6) is 0 Å². The minimum Gasteiger partial charge on any atom is -0.395 e. The van der Waals surface area contributed by atoms with Crippen LogP contribution in [-0.2, 0) is 6.42 Å². The van der Waals surface area contributed by atoms with Gasteiger partial charge in [-0.25, -0.2) is 4.98 Å². The van der Waals surface area contributed by atoms with Gasteiger partial charge in [-0.1, -0.05) is 6.08 Å². The highest BCUT2D eigenvalue weighted by molar-refractivity contribution is 7.13. The number of aliphatic hydroxyl groups excluding tert-OH is 1. The van der Waals surface area contributed by atoms with E-state index in [4.69, 9.17) is 10.8 Å². The maximum atomic E-state index is 8.86. The summed E-state index contributed by atoms with van der Waals surface area (Å²) in [6.07, 6.45) is 2.70. The van der Waals surface area contributed by atoms with E-state index in [0.29, 0.717) is 11.7 Å². The van der Waals surface area contributed by atoms with Gasteiger partial charge in [-0.15, -0.1) is 17.9 Å². The van der Waals surface area contributed by atoms with Crippen LogP contribution in [0.2, 0.25) is 0 Å². The lowest BCUT2D eigenvalue weighted by atomic mass is 10.3. The summed E-state index contributed by atoms with van der Waals surface area (Å²) in [5, 5.41) is 11.4. The molecule has 1 aromatic rings. The summed E-state index contributed by atoms with van der Waals surface area (Å²) in [4.78, 5) is 6.31. The molecule has 1 aromatic heterocycles. The minimum atomic E-state index is 0.174. The highest BCUT2D eigenvalue weighted by Crippen LogP contribution is 2.11. The Balaban J connectivity index is 2.35. The third-order valence-corrected chi connectivity index (χ3v) is 2.78. The fourth-order valence-electron chi connectivity index (χ4n) is 1.33. The van der Waals surface area contributed by atoms with Crippen molar-refractivity contribution in [2.75, 3.05) is 32.0 Å². The molecule has 15 heavy (non-hydrogen) atoms. The first-order valence-corrected chi connectivity index (χ1v) is 5.78. The molecule has 0 aliphatic carbocycles. The summed E-state index contributed by atoms with van der Waals surface area (Å²) < 4.78 is 0. The van der Waals surface area contributed by atoms with Crippen molar-refractivity contribution in [1.82, 2.24) is 9.88 Å². The van der Waals surface area contributed by atoms with Crippen molar-refractivity contribution in [1.29, 1.82) is 0 Å². The highest BCUT2D eigenvalue weighted by Gasteiger charge is 2.04. The fraction of sp³-hybridized carbons (Fsp3) is 0.500. The number of anilines is 1. The Bertz CT molecular complexity index is 301. The summed E-state index contributed by atoms with van der Waals surface area (Å²) in [6.45, 7) is 6.19. The van der Waals surface area contributed by atoms with Gasteiger partial charge in [0.15, 0.2) is 5.13 Å². The minimum absolute atomic E-state index is 0.174. The van der Waals surface area contributed by atoms with Gasteiger partial charge in [-0.2, -0.15) is 0 Å². The van der Waals surface area contributed by atoms with Crippen molar-refractivity contribution in [2.45, 2.75) is 6.42 Å². The van der Waals surface area contributed by atoms with Crippen molar-refractivity contribution in [3.8, 4) is 0 Å². The lowest BCUT2D eigenvalue weighted by molar-refractivity contribution is 0.209. The molecule has 0 saturated heterocycles. The standard InChI is InChI=1S/C10H17N3OS/c1-2-4-13(6-7-14)5-3-9-8-15-10(11)12-9/h2,8,14H,1,3-7H2,(H2,11,12). The number of nitrogens with zero attached hydrogens (tertiary/aromatic N) is 2. The maximum absolute atomic E-state index is 8.86. The number of nitrogen functional groups attached to an aromatic ring is 1. The SMILES string of the molecule is C=CCN(CCO)CCc1csc(N)n1. The van der Waals surface area contributed by atoms with E-state index >= 15 is 0 Å². The summed E-state index contributed by atoms with van der Waals surface area (Å²) in [5.74, 6) is 0. The van der Waals surface area contributed by atoms with Crippen molar-refractivity contribution >= 4 is 16.5 Å². The lowest BCUT2D eigenvalue weighted by Gasteiger charge is -2.18. The Kier molecular flexibility index (Phi) is 5.31. The zero-order valence-electron chi connectivity index (χ0n) is 8.72. The first-order chi connectivity index (χ1) is 7.26. The van der Waals surface area contributed by atoms with Crippen LogP contribution >= 0.6 is 11.3 Å². The Morgan fingerprint density at radius 2 is 2.40 bits per heavy atom. The Morgan fingerprint density at radius 3 is 2.93 bits per heavy atom. The van der Waals surface area contributed by atoms with Gasteiger partial charge in [0.1, 0.15) is 0 Å². The van der Waals surface area contributed by atoms with Gasteiger partial charge in [-0.3, -0.25) is 4.90 Å². The zero-order chi connectivity index (χ0) is 11.1. The zero-order valence-corrected chi connectivity index (χ0v) is 9.54. The largest absolute Gasteiger partial charge is 0.395 e. The number of hydrogen-bond acceptors (Lipinski definition) is 5. The molecule has 0 spiro atoms. The van der Waals surface area contributed by atoms with Crippen molar-refractivity contribution in [2.24, 2.45) is 0 Å². The molecule has 0 atom stereocenters. The number of hydrogen-bond donors (Lipinski definition) is 2. The number of aliphatic hydroxyl groups is 1. The topological polar surface area (TPSA) is 62.4 Å². The predicted octanol–water partition coefficient (Wildman–Crippen LogP) is 0.748. The monoisotopic (exact) mass is 227 g/mol. The molecule has 0 amide bonds. The van der Waals surface area contributed by atoms with E-state index in [1.54, 1.807) is 0 Å². The quantitative estimate of drug-likeness (QED) is 0.675. The molecular weight excluding hydrogens is 210 g/mol. The molecule has 1 rings (SSSR count). The molecule has 0 radical (unpaired) electrons. The predicted molar refractivity (Wildman–Crippen MR) is 64.0 cm³/mol. The van der Waals surface area contributed by atoms with Crippen LogP contribution in [0.1, 0.15) is 5.69 Å². The molecular formula is C10H17N3OS. The van der Waals surface area contributed by atoms with E-state index in [-0.39, 0.29) is 6.61 Å². The van der Waals surface area contributed by atoms with Gasteiger partial charge >= 0.3 is 0 Å². The molecule has 84 valence electrons. The Hall–Kier alpha value is -0.910. The van der Waals surface area contributed by atoms with Gasteiger partial charge in [0.2, 0.25) is 0 Å². The maximum Gasteiger partial charge on any atom is 0.180 e. The summed E-state index contributed by atoms with van der Waals surface area (Å²) >= 11 is 1.46. The van der Waals surface area contributed by atoms with Crippen molar-refractivity contribution in [3.63, 3.8) is 0 Å². The fourth-order valence-corrected chi connectivity index (χ4v) is 1.93. The molecule has 3 N–H and O–H groups in total. The number of nitrogens with two attached hydrogens (primary N) is 1. The Morgan fingerprint density at radius 1 is 1.60 bits per heavy atom.